The number of aliphatic hydroxyl groups excluding tert-OH is 1. The fraction of sp³-hybridized carbons (Fsp3) is 1.00. The molecule has 106 valence electrons. The first-order valence-corrected chi connectivity index (χ1v) is 3.52. The molecule has 0 unspecified atom stereocenters. The first-order valence-electron chi connectivity index (χ1n) is 3.52. The molecule has 0 saturated heterocycles. The van der Waals surface area contributed by atoms with Crippen molar-refractivity contribution < 1.29 is 20.4 Å². The predicted octanol–water partition coefficient (Wildman–Crippen LogP) is -0.463. The standard InChI is InChI=1S/C4H10O.Bi.3NO3/c1-4(2)3-5;;3*2-1(3)4/h4-5H,3H2,1-2H3;;;;/q;+3;3*-1. The molecular formula is C4H10BiN3O10. The van der Waals surface area contributed by atoms with Gasteiger partial charge < -0.3 is 51.1 Å². The molecule has 0 aliphatic rings. The van der Waals surface area contributed by atoms with Crippen molar-refractivity contribution in [3.05, 3.63) is 46.0 Å². The molecule has 1 N–H and O–H groups in total. The van der Waals surface area contributed by atoms with Crippen LogP contribution in [-0.4, -0.2) is 53.2 Å². The second kappa shape index (κ2) is 24.6. The van der Waals surface area contributed by atoms with Crippen LogP contribution in [0.1, 0.15) is 13.8 Å². The molecule has 0 bridgehead atoms. The Labute approximate surface area is 119 Å². The maximum Gasteiger partial charge on any atom is 3.00 e. The van der Waals surface area contributed by atoms with E-state index in [1.807, 2.05) is 13.8 Å². The van der Waals surface area contributed by atoms with Crippen LogP contribution in [0.2, 0.25) is 0 Å². The van der Waals surface area contributed by atoms with Crippen molar-refractivity contribution in [2.24, 2.45) is 5.92 Å². The van der Waals surface area contributed by atoms with Gasteiger partial charge in [-0.15, -0.1) is 0 Å². The van der Waals surface area contributed by atoms with Crippen LogP contribution in [-0.2, 0) is 0 Å². The summed E-state index contributed by atoms with van der Waals surface area (Å²) in [5, 5.41) is 52.4. The van der Waals surface area contributed by atoms with Crippen LogP contribution >= 0.6 is 0 Å². The van der Waals surface area contributed by atoms with Crippen molar-refractivity contribution in [1.29, 1.82) is 0 Å². The number of aliphatic hydroxyl groups is 1. The number of hydrogen-bond acceptors (Lipinski definition) is 10. The minimum absolute atomic E-state index is 0. The molecule has 0 aromatic heterocycles. The summed E-state index contributed by atoms with van der Waals surface area (Å²) in [6.07, 6.45) is 0. The summed E-state index contributed by atoms with van der Waals surface area (Å²) in [5.74, 6) is 0.440. The van der Waals surface area contributed by atoms with Gasteiger partial charge in [-0.2, -0.15) is 0 Å². The number of hydrogen-bond donors (Lipinski definition) is 1. The molecular weight excluding hydrogens is 459 g/mol. The Balaban J connectivity index is -0.0000000412. The Morgan fingerprint density at radius 2 is 0.889 bits per heavy atom. The minimum atomic E-state index is -1.75. The maximum absolute atomic E-state index is 8.25. The fourth-order valence-electron chi connectivity index (χ4n) is 0. The average molecular weight is 469 g/mol. The Morgan fingerprint density at radius 3 is 0.889 bits per heavy atom. The molecule has 0 aliphatic heterocycles. The monoisotopic (exact) mass is 469 g/mol. The molecule has 14 heteroatoms. The molecule has 0 spiro atoms. The zero-order valence-electron chi connectivity index (χ0n) is 9.19. The van der Waals surface area contributed by atoms with E-state index in [0.29, 0.717) is 12.5 Å². The Hall–Kier alpha value is -1.56. The summed E-state index contributed by atoms with van der Waals surface area (Å²) < 4.78 is 0. The normalized spacial score (nSPS) is 6.67. The van der Waals surface area contributed by atoms with Gasteiger partial charge in [-0.1, -0.05) is 13.8 Å². The topological polar surface area (TPSA) is 219 Å². The second-order valence-electron chi connectivity index (χ2n) is 2.25. The average Bonchev–Trinajstić information content (AvgIpc) is 2.00. The Bertz CT molecular complexity index is 171. The van der Waals surface area contributed by atoms with Gasteiger partial charge in [0.15, 0.2) is 0 Å². The summed E-state index contributed by atoms with van der Waals surface area (Å²) in [4.78, 5) is 24.8. The van der Waals surface area contributed by atoms with Gasteiger partial charge in [-0.25, -0.2) is 0 Å². The molecule has 0 fully saturated rings. The smallest absolute Gasteiger partial charge is 0.396 e. The van der Waals surface area contributed by atoms with Crippen molar-refractivity contribution >= 4 is 26.2 Å². The summed E-state index contributed by atoms with van der Waals surface area (Å²) in [7, 11) is 0. The molecule has 0 aromatic rings. The summed E-state index contributed by atoms with van der Waals surface area (Å²) in [6.45, 7) is 4.25. The third-order valence-corrected chi connectivity index (χ3v) is 0.365. The molecule has 0 heterocycles. The van der Waals surface area contributed by atoms with Gasteiger partial charge in [-0.05, 0) is 5.92 Å². The molecule has 0 amide bonds. The Morgan fingerprint density at radius 1 is 0.833 bits per heavy atom. The van der Waals surface area contributed by atoms with Crippen LogP contribution in [0.3, 0.4) is 0 Å². The molecule has 13 nitrogen and oxygen atoms in total. The summed E-state index contributed by atoms with van der Waals surface area (Å²) >= 11 is 0. The van der Waals surface area contributed by atoms with E-state index in [1.165, 1.54) is 0 Å². The molecule has 0 atom stereocenters. The van der Waals surface area contributed by atoms with Crippen molar-refractivity contribution in [3.63, 3.8) is 0 Å². The zero-order valence-corrected chi connectivity index (χ0v) is 12.7. The molecule has 18 heavy (non-hydrogen) atoms. The van der Waals surface area contributed by atoms with Crippen LogP contribution < -0.4 is 0 Å². The van der Waals surface area contributed by atoms with E-state index in [-0.39, 0.29) is 26.2 Å². The summed E-state index contributed by atoms with van der Waals surface area (Å²) in [6, 6.07) is 0. The minimum Gasteiger partial charge on any atom is -0.396 e. The largest absolute Gasteiger partial charge is 3.00 e. The predicted molar refractivity (Wildman–Crippen MR) is 58.8 cm³/mol. The molecule has 0 aliphatic carbocycles. The van der Waals surface area contributed by atoms with Crippen molar-refractivity contribution in [2.45, 2.75) is 13.8 Å². The molecule has 0 rings (SSSR count). The zero-order chi connectivity index (χ0) is 15.0. The second-order valence-corrected chi connectivity index (χ2v) is 2.25. The molecule has 0 aromatic carbocycles. The molecule has 0 saturated carbocycles. The van der Waals surface area contributed by atoms with Gasteiger partial charge >= 0.3 is 26.2 Å². The van der Waals surface area contributed by atoms with Gasteiger partial charge in [0.1, 0.15) is 0 Å². The van der Waals surface area contributed by atoms with Gasteiger partial charge in [0, 0.05) is 6.61 Å². The first-order chi connectivity index (χ1) is 7.47. The number of rotatable bonds is 1. The van der Waals surface area contributed by atoms with Crippen molar-refractivity contribution in [1.82, 2.24) is 0 Å². The maximum atomic E-state index is 8.25. The van der Waals surface area contributed by atoms with E-state index in [0.717, 1.165) is 0 Å². The van der Waals surface area contributed by atoms with E-state index in [9.17, 15) is 0 Å². The van der Waals surface area contributed by atoms with Gasteiger partial charge in [0.2, 0.25) is 0 Å². The number of nitrogens with zero attached hydrogens (tertiary/aromatic N) is 3. The van der Waals surface area contributed by atoms with Crippen LogP contribution in [0.25, 0.3) is 0 Å². The van der Waals surface area contributed by atoms with Crippen LogP contribution in [0.15, 0.2) is 0 Å². The molecule has 2 radical (unpaired) electrons. The van der Waals surface area contributed by atoms with Crippen LogP contribution in [0.5, 0.6) is 0 Å². The third-order valence-electron chi connectivity index (χ3n) is 0.365. The van der Waals surface area contributed by atoms with Crippen LogP contribution in [0, 0.1) is 51.9 Å². The third kappa shape index (κ3) is 13300. The van der Waals surface area contributed by atoms with E-state index >= 15 is 0 Å². The van der Waals surface area contributed by atoms with E-state index in [1.54, 1.807) is 0 Å². The van der Waals surface area contributed by atoms with Crippen molar-refractivity contribution in [2.75, 3.05) is 6.61 Å². The fourth-order valence-corrected chi connectivity index (χ4v) is 0. The van der Waals surface area contributed by atoms with E-state index < -0.39 is 15.3 Å². The SMILES string of the molecule is CC(C)CO.O=[N+]([O-])[O-].O=[N+]([O-])[O-].O=[N+]([O-])[O-].[Bi+3]. The summed E-state index contributed by atoms with van der Waals surface area (Å²) in [5.41, 5.74) is 0. The van der Waals surface area contributed by atoms with Crippen molar-refractivity contribution in [3.8, 4) is 0 Å². The van der Waals surface area contributed by atoms with Gasteiger partial charge in [-0.3, -0.25) is 0 Å². The first kappa shape index (κ1) is 29.9. The van der Waals surface area contributed by atoms with E-state index in [2.05, 4.69) is 0 Å². The van der Waals surface area contributed by atoms with Crippen LogP contribution in [0.4, 0.5) is 0 Å². The van der Waals surface area contributed by atoms with Gasteiger partial charge in [0.05, 0.1) is 15.3 Å². The van der Waals surface area contributed by atoms with E-state index in [4.69, 9.17) is 51.1 Å². The van der Waals surface area contributed by atoms with Gasteiger partial charge in [0.25, 0.3) is 0 Å². The Kier molecular flexibility index (Phi) is 40.9. The quantitative estimate of drug-likeness (QED) is 0.296.